The third kappa shape index (κ3) is 13.1. The number of hydrogen-bond acceptors (Lipinski definition) is 2. The van der Waals surface area contributed by atoms with Gasteiger partial charge in [0.05, 0.1) is 0 Å². The Morgan fingerprint density at radius 2 is 1.00 bits per heavy atom. The zero-order valence-electron chi connectivity index (χ0n) is 15.5. The van der Waals surface area contributed by atoms with Gasteiger partial charge in [-0.3, -0.25) is 0 Å². The highest BCUT2D eigenvalue weighted by Crippen LogP contribution is 2.37. The van der Waals surface area contributed by atoms with Crippen molar-refractivity contribution < 1.29 is 8.85 Å². The lowest BCUT2D eigenvalue weighted by molar-refractivity contribution is 0.218. The average Bonchev–Trinajstić information content (AvgIpc) is 1.93. The Balaban J connectivity index is 0. The Kier molecular flexibility index (Phi) is 9.07. The molecule has 0 aromatic carbocycles. The van der Waals surface area contributed by atoms with Gasteiger partial charge in [-0.1, -0.05) is 20.8 Å². The van der Waals surface area contributed by atoms with Gasteiger partial charge in [0.2, 0.25) is 0 Å². The lowest BCUT2D eigenvalue weighted by Crippen LogP contribution is -2.42. The molecule has 19 heavy (non-hydrogen) atoms. The molecule has 0 fully saturated rings. The van der Waals surface area contributed by atoms with Crippen molar-refractivity contribution in [1.29, 1.82) is 0 Å². The van der Waals surface area contributed by atoms with Gasteiger partial charge in [-0.25, -0.2) is 0 Å². The predicted molar refractivity (Wildman–Crippen MR) is 93.0 cm³/mol. The summed E-state index contributed by atoms with van der Waals surface area (Å²) >= 11 is 0. The fraction of sp³-hybridized carbons (Fsp3) is 1.00. The van der Waals surface area contributed by atoms with E-state index in [1.54, 1.807) is 0 Å². The smallest absolute Gasteiger partial charge is 0.192 e. The molecule has 0 aliphatic heterocycles. The molecule has 0 unspecified atom stereocenters. The molecule has 4 heteroatoms. The fourth-order valence-electron chi connectivity index (χ4n) is 1.47. The van der Waals surface area contributed by atoms with E-state index in [0.29, 0.717) is 17.2 Å². The van der Waals surface area contributed by atoms with Gasteiger partial charge in [0.1, 0.15) is 0 Å². The Morgan fingerprint density at radius 1 is 0.684 bits per heavy atom. The van der Waals surface area contributed by atoms with E-state index in [1.807, 2.05) is 0 Å². The van der Waals surface area contributed by atoms with Crippen LogP contribution in [0.5, 0.6) is 0 Å². The summed E-state index contributed by atoms with van der Waals surface area (Å²) in [5, 5.41) is 0.345. The van der Waals surface area contributed by atoms with E-state index in [-0.39, 0.29) is 0 Å². The largest absolute Gasteiger partial charge is 0.415 e. The predicted octanol–water partition coefficient (Wildman–Crippen LogP) is 5.66. The third-order valence-electron chi connectivity index (χ3n) is 2.93. The van der Waals surface area contributed by atoms with Crippen LogP contribution in [0.3, 0.4) is 0 Å². The Hall–Kier alpha value is 0.354. The normalized spacial score (nSPS) is 13.6. The molecule has 0 aliphatic carbocycles. The van der Waals surface area contributed by atoms with Crippen molar-refractivity contribution in [2.75, 3.05) is 0 Å². The summed E-state index contributed by atoms with van der Waals surface area (Å²) in [6, 6.07) is 0. The molecule has 0 saturated carbocycles. The summed E-state index contributed by atoms with van der Waals surface area (Å²) in [5.41, 5.74) is 0. The monoisotopic (exact) mass is 306 g/mol. The molecular formula is C15H38O2Si2. The highest BCUT2D eigenvalue weighted by molar-refractivity contribution is 6.74. The van der Waals surface area contributed by atoms with Gasteiger partial charge in [0.25, 0.3) is 0 Å². The molecule has 0 rings (SSSR count). The summed E-state index contributed by atoms with van der Waals surface area (Å²) in [7, 11) is -2.69. The van der Waals surface area contributed by atoms with Crippen LogP contribution in [-0.4, -0.2) is 28.8 Å². The van der Waals surface area contributed by atoms with Gasteiger partial charge >= 0.3 is 0 Å². The van der Waals surface area contributed by atoms with Gasteiger partial charge in [-0.05, 0) is 65.5 Å². The Bertz CT molecular complexity index is 236. The van der Waals surface area contributed by atoms with Crippen LogP contribution < -0.4 is 0 Å². The van der Waals surface area contributed by atoms with Gasteiger partial charge in [0.15, 0.2) is 16.6 Å². The van der Waals surface area contributed by atoms with Crippen molar-refractivity contribution in [2.24, 2.45) is 0 Å². The van der Waals surface area contributed by atoms with E-state index in [0.717, 1.165) is 0 Å². The maximum absolute atomic E-state index is 5.94. The Morgan fingerprint density at radius 3 is 1.05 bits per heavy atom. The first kappa shape index (κ1) is 21.6. The van der Waals surface area contributed by atoms with E-state index in [1.165, 1.54) is 0 Å². The minimum Gasteiger partial charge on any atom is -0.415 e. The molecule has 0 heterocycles. The van der Waals surface area contributed by atoms with E-state index < -0.39 is 16.6 Å². The SMILES string of the molecule is CC(C)O[Si](C)(C)C.CC(C)O[Si](C)(C)C(C)(C)C. The van der Waals surface area contributed by atoms with Crippen LogP contribution in [0.1, 0.15) is 48.5 Å². The van der Waals surface area contributed by atoms with Crippen LogP contribution in [0, 0.1) is 0 Å². The summed E-state index contributed by atoms with van der Waals surface area (Å²) in [5.74, 6) is 0. The van der Waals surface area contributed by atoms with Crippen molar-refractivity contribution >= 4 is 16.6 Å². The van der Waals surface area contributed by atoms with Crippen LogP contribution in [0.15, 0.2) is 0 Å². The van der Waals surface area contributed by atoms with E-state index >= 15 is 0 Å². The molecule has 118 valence electrons. The molecule has 0 aromatic heterocycles. The summed E-state index contributed by atoms with van der Waals surface area (Å²) in [6.45, 7) is 26.4. The van der Waals surface area contributed by atoms with Crippen molar-refractivity contribution in [3.05, 3.63) is 0 Å². The molecular weight excluding hydrogens is 268 g/mol. The van der Waals surface area contributed by atoms with Crippen molar-refractivity contribution in [1.82, 2.24) is 0 Å². The molecule has 0 N–H and O–H groups in total. The zero-order chi connectivity index (χ0) is 16.1. The topological polar surface area (TPSA) is 18.5 Å². The molecule has 0 bridgehead atoms. The molecule has 2 nitrogen and oxygen atoms in total. The molecule has 0 aromatic rings. The summed E-state index contributed by atoms with van der Waals surface area (Å²) in [6.07, 6.45) is 0.776. The third-order valence-corrected chi connectivity index (χ3v) is 8.78. The van der Waals surface area contributed by atoms with Crippen molar-refractivity contribution in [3.63, 3.8) is 0 Å². The van der Waals surface area contributed by atoms with Crippen molar-refractivity contribution in [3.8, 4) is 0 Å². The maximum Gasteiger partial charge on any atom is 0.192 e. The lowest BCUT2D eigenvalue weighted by atomic mass is 10.2. The second kappa shape index (κ2) is 7.96. The second-order valence-corrected chi connectivity index (χ2v) is 17.4. The van der Waals surface area contributed by atoms with E-state index in [2.05, 4.69) is 81.2 Å². The highest BCUT2D eigenvalue weighted by atomic mass is 28.4. The fourth-order valence-corrected chi connectivity index (χ4v) is 4.42. The quantitative estimate of drug-likeness (QED) is 0.624. The van der Waals surface area contributed by atoms with Crippen LogP contribution in [0.2, 0.25) is 37.8 Å². The molecule has 0 amide bonds. The second-order valence-electron chi connectivity index (χ2n) is 8.21. The first-order chi connectivity index (χ1) is 8.08. The van der Waals surface area contributed by atoms with Gasteiger partial charge in [-0.15, -0.1) is 0 Å². The summed E-state index contributed by atoms with van der Waals surface area (Å²) < 4.78 is 11.5. The standard InChI is InChI=1S/C9H22OSi.C6H16OSi/c1-8(2)10-11(6,7)9(3,4)5;1-6(2)7-8(3,4)5/h8H,1-7H3;6H,1-5H3. The van der Waals surface area contributed by atoms with E-state index in [9.17, 15) is 0 Å². The highest BCUT2D eigenvalue weighted by Gasteiger charge is 2.37. The minimum absolute atomic E-state index is 0.345. The first-order valence-electron chi connectivity index (χ1n) is 7.44. The van der Waals surface area contributed by atoms with Crippen molar-refractivity contribution in [2.45, 2.75) is 98.4 Å². The summed E-state index contributed by atoms with van der Waals surface area (Å²) in [4.78, 5) is 0. The van der Waals surface area contributed by atoms with Gasteiger partial charge < -0.3 is 8.85 Å². The van der Waals surface area contributed by atoms with Crippen LogP contribution in [-0.2, 0) is 8.85 Å². The van der Waals surface area contributed by atoms with E-state index in [4.69, 9.17) is 8.85 Å². The molecule has 0 saturated heterocycles. The van der Waals surface area contributed by atoms with Gasteiger partial charge in [-0.2, -0.15) is 0 Å². The first-order valence-corrected chi connectivity index (χ1v) is 13.8. The Labute approximate surface area is 124 Å². The minimum atomic E-state index is -1.47. The van der Waals surface area contributed by atoms with Gasteiger partial charge in [0, 0.05) is 12.2 Å². The molecule has 0 radical (unpaired) electrons. The van der Waals surface area contributed by atoms with Crippen LogP contribution in [0.4, 0.5) is 0 Å². The van der Waals surface area contributed by atoms with Crippen LogP contribution >= 0.6 is 0 Å². The number of rotatable bonds is 4. The maximum atomic E-state index is 5.94. The molecule has 0 aliphatic rings. The molecule has 0 spiro atoms. The van der Waals surface area contributed by atoms with Crippen LogP contribution in [0.25, 0.3) is 0 Å². The lowest BCUT2D eigenvalue weighted by Gasteiger charge is -2.37. The number of hydrogen-bond donors (Lipinski definition) is 0. The average molecular weight is 307 g/mol. The zero-order valence-corrected chi connectivity index (χ0v) is 17.5. The molecule has 0 atom stereocenters.